The van der Waals surface area contributed by atoms with E-state index < -0.39 is 10.0 Å². The third-order valence-corrected chi connectivity index (χ3v) is 7.06. The van der Waals surface area contributed by atoms with Crippen molar-refractivity contribution in [3.63, 3.8) is 0 Å². The van der Waals surface area contributed by atoms with Crippen molar-refractivity contribution in [2.45, 2.75) is 24.7 Å². The Labute approximate surface area is 166 Å². The lowest BCUT2D eigenvalue weighted by atomic mass is 10.0. The van der Waals surface area contributed by atoms with Gasteiger partial charge in [0.2, 0.25) is 15.9 Å². The smallest absolute Gasteiger partial charge is 0.246 e. The summed E-state index contributed by atoms with van der Waals surface area (Å²) in [6.07, 6.45) is 2.29. The van der Waals surface area contributed by atoms with Gasteiger partial charge in [-0.05, 0) is 43.5 Å². The van der Waals surface area contributed by atoms with Crippen LogP contribution in [-0.4, -0.2) is 76.6 Å². The number of nitrogens with one attached hydrogen (secondary N) is 1. The molecule has 1 atom stereocenters. The number of morpholine rings is 1. The molecule has 156 valence electrons. The molecule has 1 N–H and O–H groups in total. The largest absolute Gasteiger partial charge is 0.495 e. The van der Waals surface area contributed by atoms with Crippen molar-refractivity contribution in [1.29, 1.82) is 0 Å². The Kier molecular flexibility index (Phi) is 6.92. The number of amides is 1. The predicted molar refractivity (Wildman–Crippen MR) is 106 cm³/mol. The summed E-state index contributed by atoms with van der Waals surface area (Å²) in [5.74, 6) is 0.705. The van der Waals surface area contributed by atoms with Gasteiger partial charge >= 0.3 is 0 Å². The van der Waals surface area contributed by atoms with Gasteiger partial charge in [-0.15, -0.1) is 0 Å². The van der Waals surface area contributed by atoms with Crippen molar-refractivity contribution in [3.05, 3.63) is 18.2 Å². The van der Waals surface area contributed by atoms with E-state index in [1.54, 1.807) is 12.1 Å². The Morgan fingerprint density at radius 3 is 2.71 bits per heavy atom. The Hall–Kier alpha value is -1.68. The van der Waals surface area contributed by atoms with Crippen LogP contribution >= 0.6 is 0 Å². The molecule has 0 saturated carbocycles. The van der Waals surface area contributed by atoms with Gasteiger partial charge in [-0.25, -0.2) is 8.42 Å². The van der Waals surface area contributed by atoms with E-state index >= 15 is 0 Å². The summed E-state index contributed by atoms with van der Waals surface area (Å²) in [6.45, 7) is 5.66. The quantitative estimate of drug-likeness (QED) is 0.761. The zero-order valence-corrected chi connectivity index (χ0v) is 17.3. The van der Waals surface area contributed by atoms with Crippen LogP contribution in [0.15, 0.2) is 23.1 Å². The van der Waals surface area contributed by atoms with Crippen LogP contribution in [0, 0.1) is 5.92 Å². The van der Waals surface area contributed by atoms with Crippen LogP contribution in [0.2, 0.25) is 0 Å². The number of methoxy groups -OCH3 is 1. The average molecular weight is 412 g/mol. The third kappa shape index (κ3) is 5.02. The Morgan fingerprint density at radius 1 is 1.29 bits per heavy atom. The highest BCUT2D eigenvalue weighted by Crippen LogP contribution is 2.30. The van der Waals surface area contributed by atoms with E-state index in [-0.39, 0.29) is 16.6 Å². The van der Waals surface area contributed by atoms with Gasteiger partial charge in [0, 0.05) is 25.3 Å². The van der Waals surface area contributed by atoms with E-state index in [1.807, 2.05) is 0 Å². The lowest BCUT2D eigenvalue weighted by Crippen LogP contribution is -2.41. The van der Waals surface area contributed by atoms with Gasteiger partial charge in [-0.2, -0.15) is 4.31 Å². The van der Waals surface area contributed by atoms with Gasteiger partial charge in [-0.1, -0.05) is 6.92 Å². The predicted octanol–water partition coefficient (Wildman–Crippen LogP) is 1.39. The lowest BCUT2D eigenvalue weighted by Gasteiger charge is -2.30. The van der Waals surface area contributed by atoms with Crippen LogP contribution in [0.5, 0.6) is 5.75 Å². The van der Waals surface area contributed by atoms with Crippen LogP contribution < -0.4 is 10.1 Å². The monoisotopic (exact) mass is 411 g/mol. The van der Waals surface area contributed by atoms with Crippen molar-refractivity contribution in [2.24, 2.45) is 5.92 Å². The minimum Gasteiger partial charge on any atom is -0.495 e. The van der Waals surface area contributed by atoms with Crippen LogP contribution in [0.1, 0.15) is 19.8 Å². The minimum atomic E-state index is -3.73. The number of hydrogen-bond donors (Lipinski definition) is 1. The summed E-state index contributed by atoms with van der Waals surface area (Å²) in [5, 5.41) is 2.83. The van der Waals surface area contributed by atoms with E-state index in [9.17, 15) is 13.2 Å². The summed E-state index contributed by atoms with van der Waals surface area (Å²) < 4.78 is 37.9. The molecule has 0 spiro atoms. The molecular formula is C19H29N3O5S. The molecule has 1 aromatic rings. The first kappa shape index (κ1) is 21.0. The molecule has 0 radical (unpaired) electrons. The van der Waals surface area contributed by atoms with E-state index in [0.717, 1.165) is 19.5 Å². The third-order valence-electron chi connectivity index (χ3n) is 5.14. The maximum absolute atomic E-state index is 13.0. The van der Waals surface area contributed by atoms with Gasteiger partial charge in [0.15, 0.2) is 0 Å². The van der Waals surface area contributed by atoms with E-state index in [4.69, 9.17) is 9.47 Å². The first-order valence-electron chi connectivity index (χ1n) is 9.68. The van der Waals surface area contributed by atoms with Crippen LogP contribution in [-0.2, 0) is 19.6 Å². The maximum Gasteiger partial charge on any atom is 0.246 e. The zero-order chi connectivity index (χ0) is 20.1. The molecule has 1 aromatic carbocycles. The number of carbonyl (C=O) groups excluding carboxylic acids is 1. The number of piperidine rings is 1. The fourth-order valence-electron chi connectivity index (χ4n) is 3.72. The zero-order valence-electron chi connectivity index (χ0n) is 16.5. The van der Waals surface area contributed by atoms with Crippen LogP contribution in [0.3, 0.4) is 0 Å². The minimum absolute atomic E-state index is 0.0568. The van der Waals surface area contributed by atoms with Crippen molar-refractivity contribution >= 4 is 21.6 Å². The summed E-state index contributed by atoms with van der Waals surface area (Å²) in [7, 11) is -2.30. The second kappa shape index (κ2) is 9.21. The second-order valence-corrected chi connectivity index (χ2v) is 9.32. The summed E-state index contributed by atoms with van der Waals surface area (Å²) in [6, 6.07) is 4.71. The standard InChI is InChI=1S/C19H29N3O5S/c1-15-4-3-7-21(13-15)14-19(23)20-16-5-6-17(26-2)18(12-16)28(24,25)22-8-10-27-11-9-22/h5-6,12,15H,3-4,7-11,13-14H2,1-2H3,(H,20,23)/t15-/m1/s1. The molecule has 2 aliphatic rings. The van der Waals surface area contributed by atoms with Gasteiger partial charge in [0.05, 0.1) is 26.9 Å². The molecule has 2 aliphatic heterocycles. The van der Waals surface area contributed by atoms with Gasteiger partial charge < -0.3 is 14.8 Å². The van der Waals surface area contributed by atoms with Gasteiger partial charge in [-0.3, -0.25) is 9.69 Å². The second-order valence-electron chi connectivity index (χ2n) is 7.41. The fraction of sp³-hybridized carbons (Fsp3) is 0.632. The molecule has 8 nitrogen and oxygen atoms in total. The van der Waals surface area contributed by atoms with E-state index in [1.165, 1.54) is 23.9 Å². The first-order valence-corrected chi connectivity index (χ1v) is 11.1. The maximum atomic E-state index is 13.0. The number of sulfonamides is 1. The number of benzene rings is 1. The first-order chi connectivity index (χ1) is 13.4. The highest BCUT2D eigenvalue weighted by atomic mass is 32.2. The molecule has 1 amide bonds. The summed E-state index contributed by atoms with van der Waals surface area (Å²) in [4.78, 5) is 14.6. The highest BCUT2D eigenvalue weighted by molar-refractivity contribution is 7.89. The Bertz CT molecular complexity index is 793. The number of carbonyl (C=O) groups is 1. The van der Waals surface area contributed by atoms with E-state index in [2.05, 4.69) is 17.1 Å². The molecule has 3 rings (SSSR count). The van der Waals surface area contributed by atoms with Crippen molar-refractivity contribution in [3.8, 4) is 5.75 Å². The van der Waals surface area contributed by atoms with Crippen molar-refractivity contribution in [1.82, 2.24) is 9.21 Å². The number of hydrogen-bond acceptors (Lipinski definition) is 6. The molecular weight excluding hydrogens is 382 g/mol. The SMILES string of the molecule is COc1ccc(NC(=O)CN2CCC[C@@H](C)C2)cc1S(=O)(=O)N1CCOCC1. The Morgan fingerprint density at radius 2 is 2.04 bits per heavy atom. The van der Waals surface area contributed by atoms with Gasteiger partial charge in [0.1, 0.15) is 10.6 Å². The van der Waals surface area contributed by atoms with Gasteiger partial charge in [0.25, 0.3) is 0 Å². The normalized spacial score (nSPS) is 22.0. The number of likely N-dealkylation sites (tertiary alicyclic amines) is 1. The molecule has 2 saturated heterocycles. The summed E-state index contributed by atoms with van der Waals surface area (Å²) >= 11 is 0. The molecule has 0 aromatic heterocycles. The summed E-state index contributed by atoms with van der Waals surface area (Å²) in [5.41, 5.74) is 0.447. The van der Waals surface area contributed by atoms with Crippen LogP contribution in [0.25, 0.3) is 0 Å². The molecule has 9 heteroatoms. The molecule has 2 heterocycles. The number of rotatable bonds is 6. The number of ether oxygens (including phenoxy) is 2. The van der Waals surface area contributed by atoms with Crippen molar-refractivity contribution in [2.75, 3.05) is 58.4 Å². The number of anilines is 1. The number of nitrogens with zero attached hydrogens (tertiary/aromatic N) is 2. The Balaban J connectivity index is 1.74. The molecule has 28 heavy (non-hydrogen) atoms. The molecule has 2 fully saturated rings. The molecule has 0 bridgehead atoms. The van der Waals surface area contributed by atoms with E-state index in [0.29, 0.717) is 44.5 Å². The highest BCUT2D eigenvalue weighted by Gasteiger charge is 2.29. The topological polar surface area (TPSA) is 88.2 Å². The fourth-order valence-corrected chi connectivity index (χ4v) is 5.31. The van der Waals surface area contributed by atoms with Crippen LogP contribution in [0.4, 0.5) is 5.69 Å². The van der Waals surface area contributed by atoms with Crippen molar-refractivity contribution < 1.29 is 22.7 Å². The molecule has 0 aliphatic carbocycles. The lowest BCUT2D eigenvalue weighted by molar-refractivity contribution is -0.117. The molecule has 0 unspecified atom stereocenters. The average Bonchev–Trinajstić information content (AvgIpc) is 2.68.